The standard InChI is InChI=1S/C9H19N3O3/c10-5-3-1-2-4-7(9(11)14)6-8(13)12-15/h7,15H,1-6,10H2,(H2,11,14)(H,12,13). The van der Waals surface area contributed by atoms with Gasteiger partial charge in [-0.25, -0.2) is 5.48 Å². The van der Waals surface area contributed by atoms with Gasteiger partial charge in [0.25, 0.3) is 0 Å². The van der Waals surface area contributed by atoms with Crippen molar-refractivity contribution in [1.82, 2.24) is 5.48 Å². The summed E-state index contributed by atoms with van der Waals surface area (Å²) in [5.74, 6) is -1.60. The topological polar surface area (TPSA) is 118 Å². The van der Waals surface area contributed by atoms with Crippen LogP contribution in [-0.4, -0.2) is 23.6 Å². The summed E-state index contributed by atoms with van der Waals surface area (Å²) >= 11 is 0. The molecule has 0 aliphatic heterocycles. The van der Waals surface area contributed by atoms with Crippen molar-refractivity contribution in [1.29, 1.82) is 0 Å². The highest BCUT2D eigenvalue weighted by Crippen LogP contribution is 2.13. The molecule has 6 N–H and O–H groups in total. The third-order valence-electron chi connectivity index (χ3n) is 2.22. The Labute approximate surface area is 89.0 Å². The third-order valence-corrected chi connectivity index (χ3v) is 2.22. The lowest BCUT2D eigenvalue weighted by atomic mass is 9.97. The van der Waals surface area contributed by atoms with E-state index in [1.54, 1.807) is 0 Å². The van der Waals surface area contributed by atoms with Crippen molar-refractivity contribution in [3.63, 3.8) is 0 Å². The van der Waals surface area contributed by atoms with Gasteiger partial charge < -0.3 is 11.5 Å². The lowest BCUT2D eigenvalue weighted by Gasteiger charge is -2.11. The minimum atomic E-state index is -0.586. The van der Waals surface area contributed by atoms with E-state index in [9.17, 15) is 9.59 Å². The zero-order chi connectivity index (χ0) is 11.7. The second-order valence-corrected chi connectivity index (χ2v) is 3.48. The number of amides is 2. The highest BCUT2D eigenvalue weighted by atomic mass is 16.5. The van der Waals surface area contributed by atoms with Gasteiger partial charge in [-0.1, -0.05) is 12.8 Å². The smallest absolute Gasteiger partial charge is 0.244 e. The summed E-state index contributed by atoms with van der Waals surface area (Å²) in [6.45, 7) is 0.623. The van der Waals surface area contributed by atoms with Gasteiger partial charge in [0.2, 0.25) is 11.8 Å². The molecule has 0 saturated heterocycles. The van der Waals surface area contributed by atoms with Gasteiger partial charge in [0.05, 0.1) is 0 Å². The Morgan fingerprint density at radius 2 is 1.93 bits per heavy atom. The van der Waals surface area contributed by atoms with E-state index in [2.05, 4.69) is 0 Å². The number of hydrogen-bond donors (Lipinski definition) is 4. The fourth-order valence-corrected chi connectivity index (χ4v) is 1.33. The van der Waals surface area contributed by atoms with Crippen molar-refractivity contribution < 1.29 is 14.8 Å². The molecule has 15 heavy (non-hydrogen) atoms. The Bertz CT molecular complexity index is 209. The normalized spacial score (nSPS) is 12.1. The first-order valence-electron chi connectivity index (χ1n) is 5.04. The molecule has 88 valence electrons. The number of carbonyl (C=O) groups is 2. The van der Waals surface area contributed by atoms with E-state index in [4.69, 9.17) is 16.7 Å². The lowest BCUT2D eigenvalue weighted by Crippen LogP contribution is -2.30. The summed E-state index contributed by atoms with van der Waals surface area (Å²) in [5, 5.41) is 8.31. The lowest BCUT2D eigenvalue weighted by molar-refractivity contribution is -0.133. The van der Waals surface area contributed by atoms with Crippen LogP contribution >= 0.6 is 0 Å². The Morgan fingerprint density at radius 3 is 2.40 bits per heavy atom. The van der Waals surface area contributed by atoms with Crippen molar-refractivity contribution in [2.45, 2.75) is 32.1 Å². The van der Waals surface area contributed by atoms with Gasteiger partial charge in [0.15, 0.2) is 0 Å². The predicted octanol–water partition coefficient (Wildman–Crippen LogP) is -0.497. The van der Waals surface area contributed by atoms with Crippen LogP contribution in [-0.2, 0) is 9.59 Å². The minimum absolute atomic E-state index is 0.0611. The van der Waals surface area contributed by atoms with Gasteiger partial charge in [-0.3, -0.25) is 14.8 Å². The molecule has 1 atom stereocenters. The number of carbonyl (C=O) groups excluding carboxylic acids is 2. The number of rotatable bonds is 8. The summed E-state index contributed by atoms with van der Waals surface area (Å²) in [7, 11) is 0. The molecule has 0 aromatic rings. The molecule has 0 aliphatic carbocycles. The van der Waals surface area contributed by atoms with Crippen molar-refractivity contribution in [3.8, 4) is 0 Å². The molecule has 0 aliphatic rings. The SMILES string of the molecule is NCCCCCC(CC(=O)NO)C(N)=O. The Kier molecular flexibility index (Phi) is 7.57. The summed E-state index contributed by atoms with van der Waals surface area (Å²) < 4.78 is 0. The minimum Gasteiger partial charge on any atom is -0.369 e. The molecule has 0 heterocycles. The molecule has 6 nitrogen and oxygen atoms in total. The molecule has 1 unspecified atom stereocenters. The highest BCUT2D eigenvalue weighted by molar-refractivity contribution is 5.84. The predicted molar refractivity (Wildman–Crippen MR) is 54.8 cm³/mol. The molecule has 0 bridgehead atoms. The maximum absolute atomic E-state index is 11.0. The fourth-order valence-electron chi connectivity index (χ4n) is 1.33. The zero-order valence-electron chi connectivity index (χ0n) is 8.74. The largest absolute Gasteiger partial charge is 0.369 e. The first-order chi connectivity index (χ1) is 7.11. The number of hydroxylamine groups is 1. The summed E-state index contributed by atoms with van der Waals surface area (Å²) in [5.41, 5.74) is 11.9. The maximum Gasteiger partial charge on any atom is 0.244 e. The van der Waals surface area contributed by atoms with E-state index in [0.717, 1.165) is 19.3 Å². The van der Waals surface area contributed by atoms with Crippen molar-refractivity contribution in [2.24, 2.45) is 17.4 Å². The summed E-state index contributed by atoms with van der Waals surface area (Å²) in [6, 6.07) is 0. The highest BCUT2D eigenvalue weighted by Gasteiger charge is 2.18. The average Bonchev–Trinajstić information content (AvgIpc) is 2.21. The second kappa shape index (κ2) is 8.19. The Hall–Kier alpha value is -1.14. The van der Waals surface area contributed by atoms with Crippen LogP contribution in [0.1, 0.15) is 32.1 Å². The van der Waals surface area contributed by atoms with Crippen LogP contribution in [0, 0.1) is 5.92 Å². The van der Waals surface area contributed by atoms with Crippen LogP contribution in [0.2, 0.25) is 0 Å². The molecule has 0 aromatic carbocycles. The number of nitrogens with one attached hydrogen (secondary N) is 1. The second-order valence-electron chi connectivity index (χ2n) is 3.48. The van der Waals surface area contributed by atoms with E-state index >= 15 is 0 Å². The molecule has 0 fully saturated rings. The van der Waals surface area contributed by atoms with E-state index in [1.807, 2.05) is 0 Å². The van der Waals surface area contributed by atoms with E-state index < -0.39 is 17.7 Å². The van der Waals surface area contributed by atoms with Gasteiger partial charge in [0, 0.05) is 12.3 Å². The molecule has 6 heteroatoms. The zero-order valence-corrected chi connectivity index (χ0v) is 8.74. The van der Waals surface area contributed by atoms with Crippen molar-refractivity contribution >= 4 is 11.8 Å². The monoisotopic (exact) mass is 217 g/mol. The molecule has 0 aromatic heterocycles. The quantitative estimate of drug-likeness (QED) is 0.249. The number of hydrogen-bond acceptors (Lipinski definition) is 4. The Morgan fingerprint density at radius 1 is 1.27 bits per heavy atom. The van der Waals surface area contributed by atoms with Crippen LogP contribution in [0.5, 0.6) is 0 Å². The molecule has 0 radical (unpaired) electrons. The van der Waals surface area contributed by atoms with E-state index in [-0.39, 0.29) is 6.42 Å². The van der Waals surface area contributed by atoms with Crippen LogP contribution < -0.4 is 16.9 Å². The Balaban J connectivity index is 3.84. The first kappa shape index (κ1) is 13.9. The number of unbranched alkanes of at least 4 members (excludes halogenated alkanes) is 2. The van der Waals surface area contributed by atoms with E-state index in [1.165, 1.54) is 5.48 Å². The van der Waals surface area contributed by atoms with Gasteiger partial charge in [-0.2, -0.15) is 0 Å². The maximum atomic E-state index is 11.0. The van der Waals surface area contributed by atoms with Gasteiger partial charge in [-0.05, 0) is 19.4 Å². The molecule has 2 amide bonds. The van der Waals surface area contributed by atoms with Gasteiger partial charge >= 0.3 is 0 Å². The van der Waals surface area contributed by atoms with Gasteiger partial charge in [0.1, 0.15) is 0 Å². The third kappa shape index (κ3) is 6.87. The summed E-state index contributed by atoms with van der Waals surface area (Å²) in [4.78, 5) is 21.8. The van der Waals surface area contributed by atoms with Crippen LogP contribution in [0.15, 0.2) is 0 Å². The van der Waals surface area contributed by atoms with Crippen molar-refractivity contribution in [3.05, 3.63) is 0 Å². The molecular formula is C9H19N3O3. The first-order valence-corrected chi connectivity index (χ1v) is 5.04. The number of primary amides is 1. The average molecular weight is 217 g/mol. The number of nitrogens with two attached hydrogens (primary N) is 2. The van der Waals surface area contributed by atoms with Crippen LogP contribution in [0.3, 0.4) is 0 Å². The van der Waals surface area contributed by atoms with Gasteiger partial charge in [-0.15, -0.1) is 0 Å². The molecule has 0 saturated carbocycles. The van der Waals surface area contributed by atoms with Crippen LogP contribution in [0.25, 0.3) is 0 Å². The molecule has 0 spiro atoms. The molecular weight excluding hydrogens is 198 g/mol. The van der Waals surface area contributed by atoms with Crippen molar-refractivity contribution in [2.75, 3.05) is 6.54 Å². The van der Waals surface area contributed by atoms with E-state index in [0.29, 0.717) is 13.0 Å². The fraction of sp³-hybridized carbons (Fsp3) is 0.778. The van der Waals surface area contributed by atoms with Crippen LogP contribution in [0.4, 0.5) is 0 Å². The summed E-state index contributed by atoms with van der Waals surface area (Å²) in [6.07, 6.45) is 3.12. The molecule has 0 rings (SSSR count).